The first-order valence-electron chi connectivity index (χ1n) is 6.79. The second-order valence-electron chi connectivity index (χ2n) is 5.56. The molecular formula is C15H19NO3S. The van der Waals surface area contributed by atoms with Gasteiger partial charge in [0.15, 0.2) is 0 Å². The first-order valence-corrected chi connectivity index (χ1v) is 8.74. The van der Waals surface area contributed by atoms with Gasteiger partial charge >= 0.3 is 0 Å². The van der Waals surface area contributed by atoms with Gasteiger partial charge < -0.3 is 5.11 Å². The Bertz CT molecular complexity index is 601. The smallest absolute Gasteiger partial charge is 0.150 e. The molecule has 0 saturated heterocycles. The van der Waals surface area contributed by atoms with Gasteiger partial charge in [-0.05, 0) is 42.9 Å². The van der Waals surface area contributed by atoms with Crippen LogP contribution in [0.3, 0.4) is 0 Å². The normalized spacial score (nSPS) is 24.9. The molecule has 1 aliphatic carbocycles. The van der Waals surface area contributed by atoms with Gasteiger partial charge in [-0.3, -0.25) is 0 Å². The van der Waals surface area contributed by atoms with Gasteiger partial charge in [0.25, 0.3) is 0 Å². The van der Waals surface area contributed by atoms with E-state index < -0.39 is 15.9 Å². The van der Waals surface area contributed by atoms with Crippen molar-refractivity contribution in [2.24, 2.45) is 5.92 Å². The average Bonchev–Trinajstić information content (AvgIpc) is 2.46. The van der Waals surface area contributed by atoms with Crippen molar-refractivity contribution in [2.45, 2.75) is 37.0 Å². The van der Waals surface area contributed by atoms with Gasteiger partial charge in [-0.2, -0.15) is 5.26 Å². The van der Waals surface area contributed by atoms with E-state index in [0.717, 1.165) is 18.4 Å². The number of rotatable bonds is 3. The first-order chi connectivity index (χ1) is 9.41. The summed E-state index contributed by atoms with van der Waals surface area (Å²) in [5, 5.41) is 18.8. The van der Waals surface area contributed by atoms with Gasteiger partial charge in [0.2, 0.25) is 0 Å². The van der Waals surface area contributed by atoms with Crippen LogP contribution in [0.1, 0.15) is 42.9 Å². The molecule has 1 N–H and O–H groups in total. The molecule has 2 rings (SSSR count). The van der Waals surface area contributed by atoms with Crippen molar-refractivity contribution >= 4 is 9.84 Å². The molecule has 5 heteroatoms. The fourth-order valence-corrected chi connectivity index (χ4v) is 4.08. The highest BCUT2D eigenvalue weighted by Gasteiger charge is 2.32. The Labute approximate surface area is 120 Å². The number of aliphatic hydroxyl groups is 1. The molecule has 1 saturated carbocycles. The predicted molar refractivity (Wildman–Crippen MR) is 76.7 cm³/mol. The SMILES string of the molecule is CS(=O)(=O)C1CCCC(C(O)c2ccc(C#N)cc2)C1. The van der Waals surface area contributed by atoms with Crippen LogP contribution in [0.25, 0.3) is 0 Å². The maximum absolute atomic E-state index is 11.7. The largest absolute Gasteiger partial charge is 0.388 e. The van der Waals surface area contributed by atoms with E-state index in [9.17, 15) is 13.5 Å². The van der Waals surface area contributed by atoms with Gasteiger partial charge in [-0.25, -0.2) is 8.42 Å². The summed E-state index contributed by atoms with van der Waals surface area (Å²) in [5.41, 5.74) is 1.31. The molecule has 1 aromatic rings. The Morgan fingerprint density at radius 3 is 2.50 bits per heavy atom. The van der Waals surface area contributed by atoms with Crippen LogP contribution in [0.2, 0.25) is 0 Å². The molecule has 0 bridgehead atoms. The van der Waals surface area contributed by atoms with Crippen molar-refractivity contribution in [2.75, 3.05) is 6.26 Å². The van der Waals surface area contributed by atoms with Crippen LogP contribution < -0.4 is 0 Å². The van der Waals surface area contributed by atoms with Crippen LogP contribution >= 0.6 is 0 Å². The Balaban J connectivity index is 2.12. The number of hydrogen-bond acceptors (Lipinski definition) is 4. The molecule has 4 nitrogen and oxygen atoms in total. The molecule has 3 unspecified atom stereocenters. The molecule has 3 atom stereocenters. The van der Waals surface area contributed by atoms with Gasteiger partial charge in [0.1, 0.15) is 9.84 Å². The van der Waals surface area contributed by atoms with Crippen molar-refractivity contribution in [3.05, 3.63) is 35.4 Å². The quantitative estimate of drug-likeness (QED) is 0.926. The summed E-state index contributed by atoms with van der Waals surface area (Å²) >= 11 is 0. The molecule has 0 amide bonds. The van der Waals surface area contributed by atoms with Gasteiger partial charge in [-0.15, -0.1) is 0 Å². The maximum Gasteiger partial charge on any atom is 0.150 e. The lowest BCUT2D eigenvalue weighted by molar-refractivity contribution is 0.0857. The zero-order valence-corrected chi connectivity index (χ0v) is 12.3. The molecule has 0 radical (unpaired) electrons. The molecule has 108 valence electrons. The third-order valence-electron chi connectivity index (χ3n) is 4.10. The minimum absolute atomic E-state index is 0.0311. The summed E-state index contributed by atoms with van der Waals surface area (Å²) in [6.07, 6.45) is 3.49. The second-order valence-corrected chi connectivity index (χ2v) is 7.88. The summed E-state index contributed by atoms with van der Waals surface area (Å²) in [6, 6.07) is 8.88. The summed E-state index contributed by atoms with van der Waals surface area (Å²) in [6.45, 7) is 0. The van der Waals surface area contributed by atoms with Crippen LogP contribution in [-0.2, 0) is 9.84 Å². The van der Waals surface area contributed by atoms with Crippen LogP contribution in [0.4, 0.5) is 0 Å². The third kappa shape index (κ3) is 3.38. The third-order valence-corrected chi connectivity index (χ3v) is 5.74. The number of nitriles is 1. The van der Waals surface area contributed by atoms with Crippen LogP contribution in [0.5, 0.6) is 0 Å². The first kappa shape index (κ1) is 15.0. The topological polar surface area (TPSA) is 78.2 Å². The van der Waals surface area contributed by atoms with Gasteiger partial charge in [0, 0.05) is 6.26 Å². The summed E-state index contributed by atoms with van der Waals surface area (Å²) in [7, 11) is -3.04. The highest BCUT2D eigenvalue weighted by molar-refractivity contribution is 7.91. The number of hydrogen-bond donors (Lipinski definition) is 1. The van der Waals surface area contributed by atoms with Gasteiger partial charge in [-0.1, -0.05) is 18.6 Å². The summed E-state index contributed by atoms with van der Waals surface area (Å²) in [4.78, 5) is 0. The minimum Gasteiger partial charge on any atom is -0.388 e. The molecular weight excluding hydrogens is 274 g/mol. The van der Waals surface area contributed by atoms with Crippen molar-refractivity contribution in [3.8, 4) is 6.07 Å². The lowest BCUT2D eigenvalue weighted by atomic mass is 9.82. The van der Waals surface area contributed by atoms with Gasteiger partial charge in [0.05, 0.1) is 23.0 Å². The van der Waals surface area contributed by atoms with Crippen LogP contribution in [0, 0.1) is 17.2 Å². The molecule has 1 aliphatic rings. The summed E-state index contributed by atoms with van der Waals surface area (Å²) in [5.74, 6) is -0.0311. The van der Waals surface area contributed by atoms with E-state index >= 15 is 0 Å². The van der Waals surface area contributed by atoms with Crippen LogP contribution in [0.15, 0.2) is 24.3 Å². The van der Waals surface area contributed by atoms with E-state index in [1.54, 1.807) is 24.3 Å². The number of aliphatic hydroxyl groups excluding tert-OH is 1. The number of nitrogens with zero attached hydrogens (tertiary/aromatic N) is 1. The fourth-order valence-electron chi connectivity index (χ4n) is 2.88. The molecule has 1 aromatic carbocycles. The zero-order valence-electron chi connectivity index (χ0n) is 11.5. The van der Waals surface area contributed by atoms with Crippen molar-refractivity contribution < 1.29 is 13.5 Å². The summed E-state index contributed by atoms with van der Waals surface area (Å²) < 4.78 is 23.3. The number of sulfone groups is 1. The Kier molecular flexibility index (Phi) is 4.46. The monoisotopic (exact) mass is 293 g/mol. The maximum atomic E-state index is 11.7. The molecule has 0 aromatic heterocycles. The van der Waals surface area contributed by atoms with E-state index in [1.165, 1.54) is 6.26 Å². The zero-order chi connectivity index (χ0) is 14.8. The van der Waals surface area contributed by atoms with Crippen molar-refractivity contribution in [1.82, 2.24) is 0 Å². The highest BCUT2D eigenvalue weighted by Crippen LogP contribution is 2.36. The van der Waals surface area contributed by atoms with Crippen LogP contribution in [-0.4, -0.2) is 25.0 Å². The Morgan fingerprint density at radius 1 is 1.30 bits per heavy atom. The molecule has 0 spiro atoms. The van der Waals surface area contributed by atoms with Crippen molar-refractivity contribution in [3.63, 3.8) is 0 Å². The molecule has 20 heavy (non-hydrogen) atoms. The number of benzene rings is 1. The van der Waals surface area contributed by atoms with E-state index in [0.29, 0.717) is 18.4 Å². The second kappa shape index (κ2) is 5.94. The predicted octanol–water partition coefficient (Wildman–Crippen LogP) is 2.20. The molecule has 1 fully saturated rings. The Hall–Kier alpha value is -1.38. The van der Waals surface area contributed by atoms with E-state index in [-0.39, 0.29) is 11.2 Å². The van der Waals surface area contributed by atoms with Crippen molar-refractivity contribution in [1.29, 1.82) is 5.26 Å². The molecule has 0 heterocycles. The Morgan fingerprint density at radius 2 is 1.95 bits per heavy atom. The highest BCUT2D eigenvalue weighted by atomic mass is 32.2. The lowest BCUT2D eigenvalue weighted by Crippen LogP contribution is -2.30. The fraction of sp³-hybridized carbons (Fsp3) is 0.533. The minimum atomic E-state index is -3.04. The van der Waals surface area contributed by atoms with E-state index in [4.69, 9.17) is 5.26 Å². The molecule has 0 aliphatic heterocycles. The average molecular weight is 293 g/mol. The lowest BCUT2D eigenvalue weighted by Gasteiger charge is -2.31. The van der Waals surface area contributed by atoms with E-state index in [1.807, 2.05) is 6.07 Å². The standard InChI is InChI=1S/C15H19NO3S/c1-20(18,19)14-4-2-3-13(9-14)15(17)12-7-5-11(10-16)6-8-12/h5-8,13-15,17H,2-4,9H2,1H3. The van der Waals surface area contributed by atoms with E-state index in [2.05, 4.69) is 0 Å².